The first-order chi connectivity index (χ1) is 13.5. The lowest BCUT2D eigenvalue weighted by molar-refractivity contribution is 0.331. The molecule has 8 heteroatoms. The molecular formula is C20H20F2N4O2. The monoisotopic (exact) mass is 386 g/mol. The Labute approximate surface area is 161 Å². The van der Waals surface area contributed by atoms with Gasteiger partial charge in [0.1, 0.15) is 47.2 Å². The Morgan fingerprint density at radius 3 is 2.36 bits per heavy atom. The van der Waals surface area contributed by atoms with Crippen molar-refractivity contribution in [3.05, 3.63) is 66.0 Å². The maximum Gasteiger partial charge on any atom is 0.149 e. The molecule has 0 spiro atoms. The third-order valence-electron chi connectivity index (χ3n) is 3.77. The average Bonchev–Trinajstić information content (AvgIpc) is 2.67. The van der Waals surface area contributed by atoms with Crippen LogP contribution in [0, 0.1) is 18.6 Å². The van der Waals surface area contributed by atoms with Crippen molar-refractivity contribution >= 4 is 17.3 Å². The van der Waals surface area contributed by atoms with Gasteiger partial charge in [-0.3, -0.25) is 0 Å². The summed E-state index contributed by atoms with van der Waals surface area (Å²) in [6.07, 6.45) is 0. The molecule has 0 saturated carbocycles. The highest BCUT2D eigenvalue weighted by molar-refractivity contribution is 5.59. The van der Waals surface area contributed by atoms with Gasteiger partial charge in [0.05, 0.1) is 19.3 Å². The Bertz CT molecular complexity index is 936. The number of halogens is 2. The summed E-state index contributed by atoms with van der Waals surface area (Å²) in [5.74, 6) is 1.63. The number of rotatable bonds is 8. The molecule has 0 saturated heterocycles. The smallest absolute Gasteiger partial charge is 0.149 e. The van der Waals surface area contributed by atoms with Crippen molar-refractivity contribution < 1.29 is 18.3 Å². The van der Waals surface area contributed by atoms with Crippen LogP contribution < -0.4 is 20.1 Å². The molecular weight excluding hydrogens is 366 g/mol. The Balaban J connectivity index is 1.56. The summed E-state index contributed by atoms with van der Waals surface area (Å²) < 4.78 is 37.6. The van der Waals surface area contributed by atoms with Crippen molar-refractivity contribution in [3.63, 3.8) is 0 Å². The lowest BCUT2D eigenvalue weighted by Gasteiger charge is -2.11. The summed E-state index contributed by atoms with van der Waals surface area (Å²) in [6, 6.07) is 12.2. The van der Waals surface area contributed by atoms with Gasteiger partial charge < -0.3 is 20.1 Å². The molecule has 2 N–H and O–H groups in total. The first kappa shape index (κ1) is 19.3. The fourth-order valence-corrected chi connectivity index (χ4v) is 2.47. The van der Waals surface area contributed by atoms with Gasteiger partial charge in [-0.2, -0.15) is 0 Å². The second-order valence-corrected chi connectivity index (χ2v) is 5.89. The molecule has 0 bridgehead atoms. The zero-order chi connectivity index (χ0) is 19.9. The van der Waals surface area contributed by atoms with E-state index in [4.69, 9.17) is 9.47 Å². The van der Waals surface area contributed by atoms with E-state index in [0.29, 0.717) is 30.6 Å². The van der Waals surface area contributed by atoms with Crippen molar-refractivity contribution in [1.82, 2.24) is 9.97 Å². The van der Waals surface area contributed by atoms with Crippen molar-refractivity contribution in [2.75, 3.05) is 30.9 Å². The number of nitrogens with zero attached hydrogens (tertiary/aromatic N) is 2. The van der Waals surface area contributed by atoms with Gasteiger partial charge in [0.2, 0.25) is 0 Å². The highest BCUT2D eigenvalue weighted by atomic mass is 19.1. The van der Waals surface area contributed by atoms with Crippen LogP contribution in [0.4, 0.5) is 26.1 Å². The van der Waals surface area contributed by atoms with Crippen LogP contribution in [0.25, 0.3) is 0 Å². The molecule has 1 aromatic heterocycles. The Morgan fingerprint density at radius 1 is 0.929 bits per heavy atom. The Hall–Kier alpha value is -3.42. The van der Waals surface area contributed by atoms with Crippen molar-refractivity contribution in [3.8, 4) is 11.5 Å². The van der Waals surface area contributed by atoms with Gasteiger partial charge in [-0.25, -0.2) is 18.7 Å². The number of aryl methyl sites for hydroxylation is 1. The summed E-state index contributed by atoms with van der Waals surface area (Å²) >= 11 is 0. The molecule has 1 heterocycles. The molecule has 0 amide bonds. The van der Waals surface area contributed by atoms with E-state index in [-0.39, 0.29) is 5.69 Å². The van der Waals surface area contributed by atoms with E-state index in [1.165, 1.54) is 12.1 Å². The minimum Gasteiger partial charge on any atom is -0.497 e. The van der Waals surface area contributed by atoms with E-state index in [2.05, 4.69) is 20.6 Å². The topological polar surface area (TPSA) is 68.3 Å². The fourth-order valence-electron chi connectivity index (χ4n) is 2.47. The minimum absolute atomic E-state index is 0.133. The molecule has 0 aliphatic carbocycles. The molecule has 3 rings (SSSR count). The maximum absolute atomic E-state index is 13.8. The lowest BCUT2D eigenvalue weighted by Crippen LogP contribution is -2.13. The predicted octanol–water partition coefficient (Wildman–Crippen LogP) is 4.31. The van der Waals surface area contributed by atoms with Crippen LogP contribution in [-0.2, 0) is 0 Å². The summed E-state index contributed by atoms with van der Waals surface area (Å²) in [5.41, 5.74) is 0.133. The number of hydrogen-bond acceptors (Lipinski definition) is 6. The van der Waals surface area contributed by atoms with Gasteiger partial charge in [0, 0.05) is 12.1 Å². The molecule has 146 valence electrons. The standard InChI is InChI=1S/C20H20F2N4O2/c1-13-24-19(23-9-10-28-16-6-4-15(27-2)5-7-16)12-20(25-13)26-18-8-3-14(21)11-17(18)22/h3-8,11-12H,9-10H2,1-2H3,(H2,23,24,25,26). The predicted molar refractivity (Wildman–Crippen MR) is 103 cm³/mol. The number of ether oxygens (including phenoxy) is 2. The van der Waals surface area contributed by atoms with Crippen LogP contribution in [0.2, 0.25) is 0 Å². The van der Waals surface area contributed by atoms with Crippen LogP contribution in [0.5, 0.6) is 11.5 Å². The van der Waals surface area contributed by atoms with E-state index in [9.17, 15) is 8.78 Å². The van der Waals surface area contributed by atoms with Gasteiger partial charge in [-0.15, -0.1) is 0 Å². The number of hydrogen-bond donors (Lipinski definition) is 2. The molecule has 0 fully saturated rings. The molecule has 0 radical (unpaired) electrons. The van der Waals surface area contributed by atoms with Crippen molar-refractivity contribution in [1.29, 1.82) is 0 Å². The van der Waals surface area contributed by atoms with E-state index in [1.54, 1.807) is 20.1 Å². The molecule has 3 aromatic rings. The van der Waals surface area contributed by atoms with Gasteiger partial charge in [-0.1, -0.05) is 0 Å². The lowest BCUT2D eigenvalue weighted by atomic mass is 10.3. The molecule has 28 heavy (non-hydrogen) atoms. The molecule has 0 atom stereocenters. The second kappa shape index (κ2) is 8.98. The Kier molecular flexibility index (Phi) is 6.21. The van der Waals surface area contributed by atoms with Crippen molar-refractivity contribution in [2.45, 2.75) is 6.92 Å². The molecule has 0 aliphatic rings. The number of anilines is 3. The van der Waals surface area contributed by atoms with Crippen LogP contribution in [-0.4, -0.2) is 30.2 Å². The number of methoxy groups -OCH3 is 1. The number of nitrogens with one attached hydrogen (secondary N) is 2. The highest BCUT2D eigenvalue weighted by Gasteiger charge is 2.07. The molecule has 6 nitrogen and oxygen atoms in total. The van der Waals surface area contributed by atoms with Crippen LogP contribution in [0.3, 0.4) is 0 Å². The van der Waals surface area contributed by atoms with E-state index >= 15 is 0 Å². The quantitative estimate of drug-likeness (QED) is 0.563. The second-order valence-electron chi connectivity index (χ2n) is 5.89. The van der Waals surface area contributed by atoms with E-state index < -0.39 is 11.6 Å². The highest BCUT2D eigenvalue weighted by Crippen LogP contribution is 2.21. The third-order valence-corrected chi connectivity index (χ3v) is 3.77. The summed E-state index contributed by atoms with van der Waals surface area (Å²) in [4.78, 5) is 8.51. The first-order valence-electron chi connectivity index (χ1n) is 8.62. The van der Waals surface area contributed by atoms with Gasteiger partial charge >= 0.3 is 0 Å². The zero-order valence-electron chi connectivity index (χ0n) is 15.5. The van der Waals surface area contributed by atoms with Crippen LogP contribution >= 0.6 is 0 Å². The SMILES string of the molecule is COc1ccc(OCCNc2cc(Nc3ccc(F)cc3F)nc(C)n2)cc1. The van der Waals surface area contributed by atoms with Gasteiger partial charge in [0.15, 0.2) is 0 Å². The molecule has 2 aromatic carbocycles. The first-order valence-corrected chi connectivity index (χ1v) is 8.62. The van der Waals surface area contributed by atoms with Crippen molar-refractivity contribution in [2.24, 2.45) is 0 Å². The largest absolute Gasteiger partial charge is 0.497 e. The van der Waals surface area contributed by atoms with Crippen LogP contribution in [0.1, 0.15) is 5.82 Å². The van der Waals surface area contributed by atoms with E-state index in [0.717, 1.165) is 17.6 Å². The summed E-state index contributed by atoms with van der Waals surface area (Å²) in [5, 5.41) is 5.97. The number of aromatic nitrogens is 2. The normalized spacial score (nSPS) is 10.4. The van der Waals surface area contributed by atoms with Gasteiger partial charge in [0.25, 0.3) is 0 Å². The van der Waals surface area contributed by atoms with Crippen LogP contribution in [0.15, 0.2) is 48.5 Å². The molecule has 0 aliphatic heterocycles. The minimum atomic E-state index is -0.696. The van der Waals surface area contributed by atoms with Gasteiger partial charge in [-0.05, 0) is 43.3 Å². The molecule has 0 unspecified atom stereocenters. The number of benzene rings is 2. The Morgan fingerprint density at radius 2 is 1.64 bits per heavy atom. The van der Waals surface area contributed by atoms with E-state index in [1.807, 2.05) is 24.3 Å². The average molecular weight is 386 g/mol. The summed E-state index contributed by atoms with van der Waals surface area (Å²) in [7, 11) is 1.61. The third kappa shape index (κ3) is 5.29. The zero-order valence-corrected chi connectivity index (χ0v) is 15.5. The summed E-state index contributed by atoms with van der Waals surface area (Å²) in [6.45, 7) is 2.66. The fraction of sp³-hybridized carbons (Fsp3) is 0.200. The maximum atomic E-state index is 13.8.